The van der Waals surface area contributed by atoms with Gasteiger partial charge in [0.1, 0.15) is 0 Å². The Hall–Kier alpha value is 1.41. The molecule has 0 bridgehead atoms. The van der Waals surface area contributed by atoms with Crippen LogP contribution in [-0.4, -0.2) is 12.2 Å². The van der Waals surface area contributed by atoms with Crippen molar-refractivity contribution < 1.29 is 30.9 Å². The molecule has 0 heterocycles. The molecule has 0 aromatic heterocycles. The number of aliphatic hydroxyl groups is 1. The smallest absolute Gasteiger partial charge is 0.0319 e. The van der Waals surface area contributed by atoms with E-state index < -0.39 is 0 Å². The number of halogens is 2. The summed E-state index contributed by atoms with van der Waals surface area (Å²) >= 11 is 0. The van der Waals surface area contributed by atoms with E-state index in [0.717, 1.165) is 7.11 Å². The van der Waals surface area contributed by atoms with Gasteiger partial charge in [0.05, 0.1) is 0 Å². The molecule has 4 heteroatoms. The van der Waals surface area contributed by atoms with Crippen LogP contribution in [0.4, 0.5) is 0 Å². The van der Waals surface area contributed by atoms with Crippen molar-refractivity contribution in [3.8, 4) is 0 Å². The van der Waals surface area contributed by atoms with Gasteiger partial charge in [-0.3, -0.25) is 0 Å². The first-order chi connectivity index (χ1) is 2.73. The van der Waals surface area contributed by atoms with Crippen molar-refractivity contribution in [2.24, 2.45) is 0 Å². The van der Waals surface area contributed by atoms with Crippen LogP contribution in [0.5, 0.6) is 0 Å². The second-order valence-corrected chi connectivity index (χ2v) is 1.50. The Kier molecular flexibility index (Phi) is 120. The van der Waals surface area contributed by atoms with E-state index in [1.54, 1.807) is 0 Å². The minimum Gasteiger partial charge on any atom is -0.400 e. The van der Waals surface area contributed by atoms with E-state index in [9.17, 15) is 0 Å². The molecule has 0 unspecified atom stereocenters. The van der Waals surface area contributed by atoms with Gasteiger partial charge >= 0.3 is 0 Å². The molecule has 0 aliphatic carbocycles. The van der Waals surface area contributed by atoms with Gasteiger partial charge in [0.15, 0.2) is 0 Å². The predicted molar refractivity (Wildman–Crippen MR) is 42.9 cm³/mol. The third-order valence-electron chi connectivity index (χ3n) is 0. The van der Waals surface area contributed by atoms with Crippen LogP contribution in [-0.2, 0) is 25.8 Å². The SMILES string of the molecule is CO.C[C-](C)C.Cl.Cl.[Hf]. The number of hydrogen-bond donors (Lipinski definition) is 1. The summed E-state index contributed by atoms with van der Waals surface area (Å²) in [4.78, 5) is 0. The molecule has 0 fully saturated rings. The summed E-state index contributed by atoms with van der Waals surface area (Å²) in [6.45, 7) is 6.25. The Morgan fingerprint density at radius 3 is 0.889 bits per heavy atom. The molecule has 0 aromatic rings. The maximum Gasteiger partial charge on any atom is 0.0319 e. The van der Waals surface area contributed by atoms with Gasteiger partial charge in [0.2, 0.25) is 0 Å². The van der Waals surface area contributed by atoms with Gasteiger partial charge in [0.25, 0.3) is 0 Å². The molecule has 0 atom stereocenters. The summed E-state index contributed by atoms with van der Waals surface area (Å²) in [6, 6.07) is 0. The maximum absolute atomic E-state index is 7.00. The fourth-order valence-electron chi connectivity index (χ4n) is 0. The molecule has 0 amide bonds. The second kappa shape index (κ2) is 34.2. The topological polar surface area (TPSA) is 20.2 Å². The molecule has 0 aliphatic heterocycles. The zero-order valence-corrected chi connectivity index (χ0v) is 11.5. The van der Waals surface area contributed by atoms with Crippen molar-refractivity contribution in [1.29, 1.82) is 0 Å². The molecular formula is C5H15Cl2HfO-. The van der Waals surface area contributed by atoms with Gasteiger partial charge < -0.3 is 11.0 Å². The van der Waals surface area contributed by atoms with Crippen LogP contribution in [0.1, 0.15) is 20.8 Å². The summed E-state index contributed by atoms with van der Waals surface area (Å²) in [7, 11) is 1.00. The zero-order chi connectivity index (χ0) is 5.58. The average molecular weight is 341 g/mol. The molecule has 0 radical (unpaired) electrons. The quantitative estimate of drug-likeness (QED) is 0.529. The van der Waals surface area contributed by atoms with Crippen molar-refractivity contribution >= 4 is 24.8 Å². The van der Waals surface area contributed by atoms with E-state index in [2.05, 4.69) is 20.8 Å². The second-order valence-electron chi connectivity index (χ2n) is 1.50. The van der Waals surface area contributed by atoms with Crippen LogP contribution in [0.25, 0.3) is 0 Å². The Labute approximate surface area is 89.2 Å². The van der Waals surface area contributed by atoms with Crippen molar-refractivity contribution in [2.75, 3.05) is 7.11 Å². The summed E-state index contributed by atoms with van der Waals surface area (Å²) in [6.07, 6.45) is 0. The Morgan fingerprint density at radius 2 is 0.889 bits per heavy atom. The van der Waals surface area contributed by atoms with Crippen LogP contribution in [0.3, 0.4) is 0 Å². The van der Waals surface area contributed by atoms with Crippen molar-refractivity contribution in [1.82, 2.24) is 0 Å². The van der Waals surface area contributed by atoms with Crippen LogP contribution in [0, 0.1) is 5.92 Å². The fourth-order valence-corrected chi connectivity index (χ4v) is 0. The Bertz CT molecular complexity index is 19.7. The summed E-state index contributed by atoms with van der Waals surface area (Å²) < 4.78 is 0. The van der Waals surface area contributed by atoms with E-state index in [0.29, 0.717) is 0 Å². The number of hydrogen-bond acceptors (Lipinski definition) is 1. The Morgan fingerprint density at radius 1 is 0.889 bits per heavy atom. The van der Waals surface area contributed by atoms with Gasteiger partial charge in [-0.05, 0) is 0 Å². The monoisotopic (exact) mass is 341 g/mol. The molecule has 9 heavy (non-hydrogen) atoms. The largest absolute Gasteiger partial charge is 0.400 e. The van der Waals surface area contributed by atoms with Crippen molar-refractivity contribution in [3.63, 3.8) is 0 Å². The molecule has 0 saturated heterocycles. The molecule has 0 aromatic carbocycles. The molecule has 0 saturated carbocycles. The van der Waals surface area contributed by atoms with E-state index >= 15 is 0 Å². The minimum absolute atomic E-state index is 0. The Balaban J connectivity index is -0.00000000990. The van der Waals surface area contributed by atoms with Crippen LogP contribution >= 0.6 is 24.8 Å². The standard InChI is InChI=1S/C4H9.CH4O.2ClH.Hf/c1-4(2)3;1-2;;;/h1-3H3;2H,1H3;2*1H;/q-1;;;;. The molecule has 1 nitrogen and oxygen atoms in total. The van der Waals surface area contributed by atoms with Gasteiger partial charge in [-0.2, -0.15) is 20.8 Å². The molecule has 0 aliphatic rings. The van der Waals surface area contributed by atoms with Crippen LogP contribution in [0.2, 0.25) is 0 Å². The van der Waals surface area contributed by atoms with Crippen molar-refractivity contribution in [2.45, 2.75) is 20.8 Å². The first-order valence-corrected chi connectivity index (χ1v) is 1.95. The third kappa shape index (κ3) is 260. The molecule has 1 N–H and O–H groups in total. The zero-order valence-electron chi connectivity index (χ0n) is 6.26. The van der Waals surface area contributed by atoms with Gasteiger partial charge in [-0.1, -0.05) is 0 Å². The third-order valence-corrected chi connectivity index (χ3v) is 0. The molecule has 0 spiro atoms. The van der Waals surface area contributed by atoms with Crippen LogP contribution in [0.15, 0.2) is 0 Å². The summed E-state index contributed by atoms with van der Waals surface area (Å²) in [5.74, 6) is 1.42. The molecule has 0 rings (SSSR count). The van der Waals surface area contributed by atoms with Crippen molar-refractivity contribution in [3.05, 3.63) is 5.92 Å². The predicted octanol–water partition coefficient (Wildman–Crippen LogP) is 2.07. The minimum atomic E-state index is 0. The maximum atomic E-state index is 7.00. The molecule has 60 valence electrons. The number of aliphatic hydroxyl groups excluding tert-OH is 1. The van der Waals surface area contributed by atoms with Gasteiger partial charge in [-0.25, -0.2) is 0 Å². The average Bonchev–Trinajstić information content (AvgIpc) is 1.41. The number of rotatable bonds is 0. The van der Waals surface area contributed by atoms with Gasteiger partial charge in [-0.15, -0.1) is 24.8 Å². The van der Waals surface area contributed by atoms with E-state index in [-0.39, 0.29) is 50.7 Å². The van der Waals surface area contributed by atoms with E-state index in [1.165, 1.54) is 5.92 Å². The van der Waals surface area contributed by atoms with Crippen LogP contribution < -0.4 is 0 Å². The first kappa shape index (κ1) is 31.5. The normalized spacial score (nSPS) is 4.67. The summed E-state index contributed by atoms with van der Waals surface area (Å²) in [5, 5.41) is 7.00. The van der Waals surface area contributed by atoms with Gasteiger partial charge in [0, 0.05) is 33.0 Å². The first-order valence-electron chi connectivity index (χ1n) is 1.95. The fraction of sp³-hybridized carbons (Fsp3) is 0.800. The molecular weight excluding hydrogens is 325 g/mol. The van der Waals surface area contributed by atoms with E-state index in [4.69, 9.17) is 5.11 Å². The van der Waals surface area contributed by atoms with E-state index in [1.807, 2.05) is 0 Å². The summed E-state index contributed by atoms with van der Waals surface area (Å²) in [5.41, 5.74) is 0.